The predicted molar refractivity (Wildman–Crippen MR) is 112 cm³/mol. The Morgan fingerprint density at radius 1 is 1.19 bits per heavy atom. The van der Waals surface area contributed by atoms with Gasteiger partial charge in [-0.3, -0.25) is 4.90 Å². The standard InChI is InChI=1S/C23H39N3/c1-17(25-11-14-26-12-9-24-10-13-26)20-15-18(22(2,3)4)16-21-19(20)7-8-23(21,5)6/h15-17,24-25H,7-14H2,1-6H3/t17-/m0/s1. The Balaban J connectivity index is 1.76. The number of hydrogen-bond acceptors (Lipinski definition) is 3. The second kappa shape index (κ2) is 7.61. The van der Waals surface area contributed by atoms with Crippen LogP contribution < -0.4 is 10.6 Å². The molecule has 2 N–H and O–H groups in total. The van der Waals surface area contributed by atoms with Crippen molar-refractivity contribution in [2.75, 3.05) is 39.3 Å². The summed E-state index contributed by atoms with van der Waals surface area (Å²) in [5.74, 6) is 0. The number of piperazine rings is 1. The predicted octanol–water partition coefficient (Wildman–Crippen LogP) is 3.76. The highest BCUT2D eigenvalue weighted by Crippen LogP contribution is 2.43. The molecule has 0 aromatic heterocycles. The maximum atomic E-state index is 3.82. The summed E-state index contributed by atoms with van der Waals surface area (Å²) in [6.45, 7) is 21.0. The van der Waals surface area contributed by atoms with Gasteiger partial charge in [0.25, 0.3) is 0 Å². The van der Waals surface area contributed by atoms with E-state index in [0.29, 0.717) is 11.5 Å². The Morgan fingerprint density at radius 2 is 1.88 bits per heavy atom. The topological polar surface area (TPSA) is 27.3 Å². The van der Waals surface area contributed by atoms with Crippen molar-refractivity contribution in [3.63, 3.8) is 0 Å². The third kappa shape index (κ3) is 4.32. The first-order valence-electron chi connectivity index (χ1n) is 10.5. The van der Waals surface area contributed by atoms with E-state index in [1.54, 1.807) is 16.7 Å². The molecule has 0 bridgehead atoms. The molecule has 1 aromatic rings. The molecule has 1 aliphatic carbocycles. The highest BCUT2D eigenvalue weighted by atomic mass is 15.2. The lowest BCUT2D eigenvalue weighted by atomic mass is 9.79. The summed E-state index contributed by atoms with van der Waals surface area (Å²) in [7, 11) is 0. The first-order valence-corrected chi connectivity index (χ1v) is 10.5. The van der Waals surface area contributed by atoms with Crippen LogP contribution in [0, 0.1) is 0 Å². The lowest BCUT2D eigenvalue weighted by Gasteiger charge is -2.29. The summed E-state index contributed by atoms with van der Waals surface area (Å²) in [4.78, 5) is 2.56. The first-order chi connectivity index (χ1) is 12.2. The highest BCUT2D eigenvalue weighted by molar-refractivity contribution is 5.49. The fraction of sp³-hybridized carbons (Fsp3) is 0.739. The Morgan fingerprint density at radius 3 is 2.54 bits per heavy atom. The van der Waals surface area contributed by atoms with Crippen LogP contribution in [-0.2, 0) is 17.3 Å². The normalized spacial score (nSPS) is 21.6. The number of benzene rings is 1. The third-order valence-corrected chi connectivity index (χ3v) is 6.43. The van der Waals surface area contributed by atoms with E-state index in [-0.39, 0.29) is 5.41 Å². The summed E-state index contributed by atoms with van der Waals surface area (Å²) in [6.07, 6.45) is 2.50. The minimum atomic E-state index is 0.197. The molecule has 0 spiro atoms. The lowest BCUT2D eigenvalue weighted by molar-refractivity contribution is 0.238. The van der Waals surface area contributed by atoms with E-state index in [1.807, 2.05) is 0 Å². The highest BCUT2D eigenvalue weighted by Gasteiger charge is 2.33. The minimum Gasteiger partial charge on any atom is -0.314 e. The Labute approximate surface area is 160 Å². The van der Waals surface area contributed by atoms with Gasteiger partial charge < -0.3 is 10.6 Å². The maximum absolute atomic E-state index is 3.82. The van der Waals surface area contributed by atoms with E-state index in [0.717, 1.165) is 26.2 Å². The van der Waals surface area contributed by atoms with Gasteiger partial charge in [-0.25, -0.2) is 0 Å². The van der Waals surface area contributed by atoms with Crippen LogP contribution in [0.5, 0.6) is 0 Å². The molecular formula is C23H39N3. The molecule has 1 fully saturated rings. The van der Waals surface area contributed by atoms with E-state index in [2.05, 4.69) is 69.2 Å². The van der Waals surface area contributed by atoms with Crippen LogP contribution in [0.1, 0.15) is 76.3 Å². The van der Waals surface area contributed by atoms with Crippen molar-refractivity contribution in [2.24, 2.45) is 0 Å². The van der Waals surface area contributed by atoms with E-state index in [4.69, 9.17) is 0 Å². The van der Waals surface area contributed by atoms with Gasteiger partial charge in [-0.1, -0.05) is 46.8 Å². The molecule has 146 valence electrons. The van der Waals surface area contributed by atoms with Crippen LogP contribution in [0.3, 0.4) is 0 Å². The van der Waals surface area contributed by atoms with Crippen LogP contribution in [0.15, 0.2) is 12.1 Å². The van der Waals surface area contributed by atoms with Crippen molar-refractivity contribution in [1.82, 2.24) is 15.5 Å². The summed E-state index contributed by atoms with van der Waals surface area (Å²) >= 11 is 0. The van der Waals surface area contributed by atoms with Crippen molar-refractivity contribution >= 4 is 0 Å². The zero-order chi connectivity index (χ0) is 18.9. The van der Waals surface area contributed by atoms with Gasteiger partial charge in [0.2, 0.25) is 0 Å². The SMILES string of the molecule is C[C@H](NCCN1CCNCC1)c1cc(C(C)(C)C)cc2c1CCC2(C)C. The monoisotopic (exact) mass is 357 g/mol. The molecule has 1 heterocycles. The van der Waals surface area contributed by atoms with Crippen LogP contribution in [0.2, 0.25) is 0 Å². The first kappa shape index (κ1) is 19.9. The number of fused-ring (bicyclic) bond motifs is 1. The van der Waals surface area contributed by atoms with Gasteiger partial charge >= 0.3 is 0 Å². The third-order valence-electron chi connectivity index (χ3n) is 6.43. The van der Waals surface area contributed by atoms with Crippen molar-refractivity contribution in [3.8, 4) is 0 Å². The number of nitrogens with one attached hydrogen (secondary N) is 2. The number of hydrogen-bond donors (Lipinski definition) is 2. The average Bonchev–Trinajstić information content (AvgIpc) is 2.89. The fourth-order valence-electron chi connectivity index (χ4n) is 4.45. The van der Waals surface area contributed by atoms with Gasteiger partial charge in [0, 0.05) is 45.3 Å². The van der Waals surface area contributed by atoms with E-state index in [1.165, 1.54) is 31.5 Å². The van der Waals surface area contributed by atoms with Crippen molar-refractivity contribution in [1.29, 1.82) is 0 Å². The molecule has 1 atom stereocenters. The van der Waals surface area contributed by atoms with Crippen LogP contribution in [0.25, 0.3) is 0 Å². The molecule has 0 radical (unpaired) electrons. The summed E-state index contributed by atoms with van der Waals surface area (Å²) in [6, 6.07) is 5.41. The molecule has 1 aromatic carbocycles. The van der Waals surface area contributed by atoms with Gasteiger partial charge in [0.15, 0.2) is 0 Å². The summed E-state index contributed by atoms with van der Waals surface area (Å²) in [5, 5.41) is 7.25. The second-order valence-electron chi connectivity index (χ2n) is 9.99. The fourth-order valence-corrected chi connectivity index (χ4v) is 4.45. The Hall–Kier alpha value is -0.900. The van der Waals surface area contributed by atoms with Gasteiger partial charge in [0.1, 0.15) is 0 Å². The van der Waals surface area contributed by atoms with Crippen LogP contribution in [-0.4, -0.2) is 44.2 Å². The Kier molecular flexibility index (Phi) is 5.81. The van der Waals surface area contributed by atoms with Gasteiger partial charge in [-0.05, 0) is 52.8 Å². The second-order valence-corrected chi connectivity index (χ2v) is 9.99. The maximum Gasteiger partial charge on any atom is 0.0295 e. The summed E-state index contributed by atoms with van der Waals surface area (Å²) in [5.41, 5.74) is 6.74. The quantitative estimate of drug-likeness (QED) is 0.840. The van der Waals surface area contributed by atoms with Gasteiger partial charge in [-0.2, -0.15) is 0 Å². The van der Waals surface area contributed by atoms with Gasteiger partial charge in [0.05, 0.1) is 0 Å². The number of nitrogens with zero attached hydrogens (tertiary/aromatic N) is 1. The molecule has 0 amide bonds. The average molecular weight is 358 g/mol. The molecular weight excluding hydrogens is 318 g/mol. The molecule has 3 nitrogen and oxygen atoms in total. The van der Waals surface area contributed by atoms with Crippen LogP contribution >= 0.6 is 0 Å². The lowest BCUT2D eigenvalue weighted by Crippen LogP contribution is -2.45. The van der Waals surface area contributed by atoms with Crippen molar-refractivity contribution in [3.05, 3.63) is 34.4 Å². The van der Waals surface area contributed by atoms with E-state index >= 15 is 0 Å². The molecule has 1 aliphatic heterocycles. The van der Waals surface area contributed by atoms with Crippen molar-refractivity contribution in [2.45, 2.75) is 71.3 Å². The minimum absolute atomic E-state index is 0.197. The smallest absolute Gasteiger partial charge is 0.0295 e. The Bertz CT molecular complexity index is 621. The zero-order valence-electron chi connectivity index (χ0n) is 17.8. The summed E-state index contributed by atoms with van der Waals surface area (Å²) < 4.78 is 0. The molecule has 26 heavy (non-hydrogen) atoms. The van der Waals surface area contributed by atoms with Gasteiger partial charge in [-0.15, -0.1) is 0 Å². The number of rotatable bonds is 5. The molecule has 2 aliphatic rings. The molecule has 3 heteroatoms. The van der Waals surface area contributed by atoms with Crippen molar-refractivity contribution < 1.29 is 0 Å². The molecule has 0 saturated carbocycles. The molecule has 3 rings (SSSR count). The van der Waals surface area contributed by atoms with E-state index in [9.17, 15) is 0 Å². The zero-order valence-corrected chi connectivity index (χ0v) is 17.8. The van der Waals surface area contributed by atoms with Crippen LogP contribution in [0.4, 0.5) is 0 Å². The molecule has 1 saturated heterocycles. The van der Waals surface area contributed by atoms with E-state index < -0.39 is 0 Å². The molecule has 0 unspecified atom stereocenters. The largest absolute Gasteiger partial charge is 0.314 e.